The lowest BCUT2D eigenvalue weighted by atomic mass is 9.78. The number of nitrogens with one attached hydrogen (secondary N) is 1. The second-order valence-corrected chi connectivity index (χ2v) is 6.54. The van der Waals surface area contributed by atoms with Crippen LogP contribution in [0.5, 0.6) is 0 Å². The SMILES string of the molecule is Cc1ccc(C2CN(C(=O)NCC3Cc4ccccc43)CCO2)o1. The summed E-state index contributed by atoms with van der Waals surface area (Å²) < 4.78 is 11.4. The predicted octanol–water partition coefficient (Wildman–Crippen LogP) is 3.01. The Morgan fingerprint density at radius 3 is 2.96 bits per heavy atom. The van der Waals surface area contributed by atoms with E-state index in [0.717, 1.165) is 17.9 Å². The van der Waals surface area contributed by atoms with Crippen LogP contribution in [0, 0.1) is 6.92 Å². The Labute approximate surface area is 141 Å². The summed E-state index contributed by atoms with van der Waals surface area (Å²) in [6.45, 7) is 4.28. The molecule has 126 valence electrons. The Morgan fingerprint density at radius 2 is 2.17 bits per heavy atom. The number of ether oxygens (including phenoxy) is 1. The molecule has 1 aromatic heterocycles. The van der Waals surface area contributed by atoms with Gasteiger partial charge in [0.25, 0.3) is 0 Å². The van der Waals surface area contributed by atoms with Crippen molar-refractivity contribution in [2.45, 2.75) is 25.4 Å². The van der Waals surface area contributed by atoms with Crippen molar-refractivity contribution in [2.75, 3.05) is 26.2 Å². The summed E-state index contributed by atoms with van der Waals surface area (Å²) in [5, 5.41) is 3.07. The van der Waals surface area contributed by atoms with Crippen LogP contribution in [0.25, 0.3) is 0 Å². The number of urea groups is 1. The number of carbonyl (C=O) groups excluding carboxylic acids is 1. The molecule has 2 atom stereocenters. The zero-order valence-corrected chi connectivity index (χ0v) is 13.8. The minimum Gasteiger partial charge on any atom is -0.464 e. The molecule has 5 heteroatoms. The summed E-state index contributed by atoms with van der Waals surface area (Å²) in [7, 11) is 0. The van der Waals surface area contributed by atoms with E-state index in [1.165, 1.54) is 11.1 Å². The average Bonchev–Trinajstić information content (AvgIpc) is 3.02. The van der Waals surface area contributed by atoms with Crippen LogP contribution in [-0.4, -0.2) is 37.2 Å². The maximum atomic E-state index is 12.5. The van der Waals surface area contributed by atoms with Gasteiger partial charge in [-0.3, -0.25) is 0 Å². The molecule has 0 radical (unpaired) electrons. The fraction of sp³-hybridized carbons (Fsp3) is 0.421. The van der Waals surface area contributed by atoms with Crippen LogP contribution in [0.2, 0.25) is 0 Å². The summed E-state index contributed by atoms with van der Waals surface area (Å²) in [4.78, 5) is 14.3. The quantitative estimate of drug-likeness (QED) is 0.943. The largest absolute Gasteiger partial charge is 0.464 e. The van der Waals surface area contributed by atoms with Crippen LogP contribution in [0.1, 0.15) is 34.7 Å². The first-order valence-electron chi connectivity index (χ1n) is 8.49. The highest BCUT2D eigenvalue weighted by molar-refractivity contribution is 5.74. The molecule has 1 aliphatic heterocycles. The van der Waals surface area contributed by atoms with Gasteiger partial charge < -0.3 is 19.4 Å². The summed E-state index contributed by atoms with van der Waals surface area (Å²) in [5.74, 6) is 2.09. The Balaban J connectivity index is 1.32. The molecular weight excluding hydrogens is 304 g/mol. The molecule has 2 heterocycles. The van der Waals surface area contributed by atoms with Crippen molar-refractivity contribution >= 4 is 6.03 Å². The van der Waals surface area contributed by atoms with Gasteiger partial charge in [0.05, 0.1) is 13.2 Å². The molecule has 0 saturated carbocycles. The molecule has 2 amide bonds. The average molecular weight is 326 g/mol. The predicted molar refractivity (Wildman–Crippen MR) is 90.0 cm³/mol. The normalized spacial score (nSPS) is 22.6. The zero-order chi connectivity index (χ0) is 16.5. The first-order chi connectivity index (χ1) is 11.7. The van der Waals surface area contributed by atoms with Crippen molar-refractivity contribution in [1.29, 1.82) is 0 Å². The third kappa shape index (κ3) is 2.91. The monoisotopic (exact) mass is 326 g/mol. The smallest absolute Gasteiger partial charge is 0.317 e. The molecule has 1 N–H and O–H groups in total. The summed E-state index contributed by atoms with van der Waals surface area (Å²) in [6, 6.07) is 12.3. The van der Waals surface area contributed by atoms with Crippen LogP contribution in [0.15, 0.2) is 40.8 Å². The molecule has 1 fully saturated rings. The van der Waals surface area contributed by atoms with Gasteiger partial charge in [-0.2, -0.15) is 0 Å². The topological polar surface area (TPSA) is 54.7 Å². The molecule has 0 spiro atoms. The van der Waals surface area contributed by atoms with Gasteiger partial charge in [-0.25, -0.2) is 4.79 Å². The van der Waals surface area contributed by atoms with Gasteiger partial charge in [-0.1, -0.05) is 24.3 Å². The molecule has 4 rings (SSSR count). The van der Waals surface area contributed by atoms with Gasteiger partial charge in [0.2, 0.25) is 0 Å². The number of aryl methyl sites for hydroxylation is 1. The Morgan fingerprint density at radius 1 is 1.29 bits per heavy atom. The van der Waals surface area contributed by atoms with Crippen molar-refractivity contribution in [1.82, 2.24) is 10.2 Å². The van der Waals surface area contributed by atoms with E-state index in [2.05, 4.69) is 29.6 Å². The third-order valence-corrected chi connectivity index (χ3v) is 4.89. The first kappa shape index (κ1) is 15.3. The standard InChI is InChI=1S/C19H22N2O3/c1-13-6-7-17(24-13)18-12-21(8-9-23-18)19(22)20-11-15-10-14-4-2-3-5-16(14)15/h2-7,15,18H,8-12H2,1H3,(H,20,22). The second kappa shape index (κ2) is 6.32. The van der Waals surface area contributed by atoms with Crippen LogP contribution >= 0.6 is 0 Å². The summed E-state index contributed by atoms with van der Waals surface area (Å²) in [6.07, 6.45) is 0.871. The molecule has 1 saturated heterocycles. The number of benzene rings is 1. The highest BCUT2D eigenvalue weighted by atomic mass is 16.5. The zero-order valence-electron chi connectivity index (χ0n) is 13.8. The lowest BCUT2D eigenvalue weighted by molar-refractivity contribution is -0.0263. The van der Waals surface area contributed by atoms with Crippen molar-refractivity contribution in [3.05, 3.63) is 59.0 Å². The highest BCUT2D eigenvalue weighted by Crippen LogP contribution is 2.34. The third-order valence-electron chi connectivity index (χ3n) is 4.89. The summed E-state index contributed by atoms with van der Waals surface area (Å²) in [5.41, 5.74) is 2.76. The maximum Gasteiger partial charge on any atom is 0.317 e. The van der Waals surface area contributed by atoms with Gasteiger partial charge >= 0.3 is 6.03 Å². The molecular formula is C19H22N2O3. The van der Waals surface area contributed by atoms with Gasteiger partial charge in [0.1, 0.15) is 17.6 Å². The molecule has 0 bridgehead atoms. The Bertz CT molecular complexity index is 740. The number of hydrogen-bond donors (Lipinski definition) is 1. The second-order valence-electron chi connectivity index (χ2n) is 6.54. The minimum atomic E-state index is -0.178. The van der Waals surface area contributed by atoms with Crippen LogP contribution in [0.4, 0.5) is 4.79 Å². The number of fused-ring (bicyclic) bond motifs is 1. The number of nitrogens with zero attached hydrogens (tertiary/aromatic N) is 1. The van der Waals surface area contributed by atoms with Crippen LogP contribution in [-0.2, 0) is 11.2 Å². The highest BCUT2D eigenvalue weighted by Gasteiger charge is 2.29. The van der Waals surface area contributed by atoms with Gasteiger partial charge in [0, 0.05) is 19.0 Å². The van der Waals surface area contributed by atoms with E-state index >= 15 is 0 Å². The fourth-order valence-electron chi connectivity index (χ4n) is 3.50. The molecule has 2 aromatic rings. The van der Waals surface area contributed by atoms with E-state index in [-0.39, 0.29) is 12.1 Å². The fourth-order valence-corrected chi connectivity index (χ4v) is 3.50. The van der Waals surface area contributed by atoms with Crippen molar-refractivity contribution in [3.8, 4) is 0 Å². The number of furan rings is 1. The van der Waals surface area contributed by atoms with E-state index < -0.39 is 0 Å². The number of amides is 2. The molecule has 1 aliphatic carbocycles. The lowest BCUT2D eigenvalue weighted by Crippen LogP contribution is -2.48. The molecule has 2 unspecified atom stereocenters. The maximum absolute atomic E-state index is 12.5. The van der Waals surface area contributed by atoms with E-state index in [9.17, 15) is 4.79 Å². The van der Waals surface area contributed by atoms with E-state index in [0.29, 0.717) is 32.2 Å². The molecule has 1 aromatic carbocycles. The Hall–Kier alpha value is -2.27. The number of hydrogen-bond acceptors (Lipinski definition) is 3. The van der Waals surface area contributed by atoms with Crippen molar-refractivity contribution in [2.24, 2.45) is 0 Å². The van der Waals surface area contributed by atoms with Crippen LogP contribution in [0.3, 0.4) is 0 Å². The van der Waals surface area contributed by atoms with Crippen molar-refractivity contribution in [3.63, 3.8) is 0 Å². The van der Waals surface area contributed by atoms with Gasteiger partial charge in [-0.05, 0) is 36.6 Å². The van der Waals surface area contributed by atoms with Crippen LogP contribution < -0.4 is 5.32 Å². The molecule has 24 heavy (non-hydrogen) atoms. The van der Waals surface area contributed by atoms with Gasteiger partial charge in [0.15, 0.2) is 0 Å². The lowest BCUT2D eigenvalue weighted by Gasteiger charge is -2.34. The molecule has 2 aliphatic rings. The van der Waals surface area contributed by atoms with E-state index in [1.54, 1.807) is 0 Å². The van der Waals surface area contributed by atoms with E-state index in [1.807, 2.05) is 24.0 Å². The number of rotatable bonds is 3. The Kier molecular flexibility index (Phi) is 4.02. The van der Waals surface area contributed by atoms with Crippen molar-refractivity contribution < 1.29 is 13.9 Å². The van der Waals surface area contributed by atoms with E-state index in [4.69, 9.17) is 9.15 Å². The number of carbonyl (C=O) groups is 1. The van der Waals surface area contributed by atoms with Gasteiger partial charge in [-0.15, -0.1) is 0 Å². The summed E-state index contributed by atoms with van der Waals surface area (Å²) >= 11 is 0. The first-order valence-corrected chi connectivity index (χ1v) is 8.49. The minimum absolute atomic E-state index is 0.0176. The number of morpholine rings is 1. The molecule has 5 nitrogen and oxygen atoms in total.